The predicted octanol–water partition coefficient (Wildman–Crippen LogP) is 4.24. The van der Waals surface area contributed by atoms with Crippen molar-refractivity contribution in [2.75, 3.05) is 25.5 Å². The average molecular weight is 383 g/mol. The SMILES string of the molecule is CCc1ccccc1NC(=O)CN(C)C(=O)COc1ccccc1C(C)CC. The summed E-state index contributed by atoms with van der Waals surface area (Å²) in [5, 5.41) is 2.88. The topological polar surface area (TPSA) is 58.6 Å². The number of benzene rings is 2. The Balaban J connectivity index is 1.90. The normalized spacial score (nSPS) is 11.6. The minimum atomic E-state index is -0.238. The van der Waals surface area contributed by atoms with Gasteiger partial charge in [-0.2, -0.15) is 0 Å². The highest BCUT2D eigenvalue weighted by molar-refractivity contribution is 5.95. The highest BCUT2D eigenvalue weighted by atomic mass is 16.5. The monoisotopic (exact) mass is 382 g/mol. The number of likely N-dealkylation sites (N-methyl/N-ethyl adjacent to an activating group) is 1. The molecular formula is C23H30N2O3. The number of rotatable bonds is 9. The summed E-state index contributed by atoms with van der Waals surface area (Å²) in [6.07, 6.45) is 1.82. The van der Waals surface area contributed by atoms with Crippen LogP contribution >= 0.6 is 0 Å². The molecule has 5 heteroatoms. The lowest BCUT2D eigenvalue weighted by Crippen LogP contribution is -2.37. The Hall–Kier alpha value is -2.82. The third kappa shape index (κ3) is 5.84. The van der Waals surface area contributed by atoms with Crippen molar-refractivity contribution >= 4 is 17.5 Å². The third-order valence-corrected chi connectivity index (χ3v) is 4.89. The molecule has 2 rings (SSSR count). The standard InChI is InChI=1S/C23H30N2O3/c1-5-17(3)19-12-8-10-14-21(19)28-16-23(27)25(4)15-22(26)24-20-13-9-7-11-18(20)6-2/h7-14,17H,5-6,15-16H2,1-4H3,(H,24,26). The lowest BCUT2D eigenvalue weighted by molar-refractivity contribution is -0.135. The number of carbonyl (C=O) groups is 2. The molecule has 2 aromatic rings. The summed E-state index contributed by atoms with van der Waals surface area (Å²) in [7, 11) is 1.61. The highest BCUT2D eigenvalue weighted by Gasteiger charge is 2.16. The van der Waals surface area contributed by atoms with Gasteiger partial charge in [-0.25, -0.2) is 0 Å². The Morgan fingerprint density at radius 3 is 2.46 bits per heavy atom. The van der Waals surface area contributed by atoms with Crippen LogP contribution in [-0.2, 0) is 16.0 Å². The lowest BCUT2D eigenvalue weighted by atomic mass is 9.98. The van der Waals surface area contributed by atoms with Gasteiger partial charge in [0.05, 0.1) is 6.54 Å². The average Bonchev–Trinajstić information content (AvgIpc) is 2.71. The summed E-state index contributed by atoms with van der Waals surface area (Å²) in [5.41, 5.74) is 2.94. The summed E-state index contributed by atoms with van der Waals surface area (Å²) in [6.45, 7) is 6.18. The first kappa shape index (κ1) is 21.5. The molecule has 0 aliphatic heterocycles. The van der Waals surface area contributed by atoms with Gasteiger partial charge in [-0.1, -0.05) is 57.2 Å². The first-order valence-electron chi connectivity index (χ1n) is 9.79. The van der Waals surface area contributed by atoms with E-state index < -0.39 is 0 Å². The first-order valence-corrected chi connectivity index (χ1v) is 9.79. The maximum atomic E-state index is 12.4. The zero-order valence-electron chi connectivity index (χ0n) is 17.2. The Labute approximate surface area is 167 Å². The maximum Gasteiger partial charge on any atom is 0.260 e. The van der Waals surface area contributed by atoms with Crippen LogP contribution in [-0.4, -0.2) is 36.9 Å². The van der Waals surface area contributed by atoms with E-state index in [0.717, 1.165) is 35.4 Å². The second kappa shape index (κ2) is 10.5. The van der Waals surface area contributed by atoms with Crippen molar-refractivity contribution in [3.05, 3.63) is 59.7 Å². The fourth-order valence-corrected chi connectivity index (χ4v) is 2.93. The number of hydrogen-bond donors (Lipinski definition) is 1. The van der Waals surface area contributed by atoms with Gasteiger partial charge in [0.25, 0.3) is 5.91 Å². The van der Waals surface area contributed by atoms with Gasteiger partial charge < -0.3 is 15.0 Å². The molecule has 0 spiro atoms. The van der Waals surface area contributed by atoms with Crippen molar-refractivity contribution in [2.24, 2.45) is 0 Å². The molecule has 0 aliphatic rings. The van der Waals surface area contributed by atoms with Crippen molar-refractivity contribution < 1.29 is 14.3 Å². The molecule has 0 radical (unpaired) electrons. The first-order chi connectivity index (χ1) is 13.5. The van der Waals surface area contributed by atoms with E-state index >= 15 is 0 Å². The van der Waals surface area contributed by atoms with E-state index in [1.54, 1.807) is 7.05 Å². The van der Waals surface area contributed by atoms with Crippen LogP contribution in [0.25, 0.3) is 0 Å². The molecule has 5 nitrogen and oxygen atoms in total. The minimum Gasteiger partial charge on any atom is -0.483 e. The zero-order chi connectivity index (χ0) is 20.5. The fraction of sp³-hybridized carbons (Fsp3) is 0.391. The second-order valence-electron chi connectivity index (χ2n) is 6.94. The van der Waals surface area contributed by atoms with E-state index in [9.17, 15) is 9.59 Å². The van der Waals surface area contributed by atoms with Crippen LogP contribution in [0.15, 0.2) is 48.5 Å². The summed E-state index contributed by atoms with van der Waals surface area (Å²) in [4.78, 5) is 26.1. The van der Waals surface area contributed by atoms with Crippen LogP contribution in [0.1, 0.15) is 44.2 Å². The van der Waals surface area contributed by atoms with Crippen molar-refractivity contribution in [1.82, 2.24) is 4.90 Å². The molecule has 2 amide bonds. The number of nitrogens with one attached hydrogen (secondary N) is 1. The summed E-state index contributed by atoms with van der Waals surface area (Å²) in [6, 6.07) is 15.4. The minimum absolute atomic E-state index is 0.0206. The van der Waals surface area contributed by atoms with Gasteiger partial charge in [-0.05, 0) is 42.0 Å². The number of amides is 2. The van der Waals surface area contributed by atoms with Crippen LogP contribution in [0, 0.1) is 0 Å². The van der Waals surface area contributed by atoms with Gasteiger partial charge in [-0.3, -0.25) is 9.59 Å². The van der Waals surface area contributed by atoms with Crippen molar-refractivity contribution in [2.45, 2.75) is 39.5 Å². The van der Waals surface area contributed by atoms with E-state index in [1.807, 2.05) is 55.5 Å². The molecule has 0 bridgehead atoms. The van der Waals surface area contributed by atoms with Gasteiger partial charge >= 0.3 is 0 Å². The van der Waals surface area contributed by atoms with Crippen LogP contribution in [0.2, 0.25) is 0 Å². The number of aryl methyl sites for hydroxylation is 1. The van der Waals surface area contributed by atoms with E-state index in [0.29, 0.717) is 5.92 Å². The van der Waals surface area contributed by atoms with Gasteiger partial charge in [0.15, 0.2) is 6.61 Å². The quantitative estimate of drug-likeness (QED) is 0.706. The largest absolute Gasteiger partial charge is 0.483 e. The molecule has 1 unspecified atom stereocenters. The molecule has 0 saturated heterocycles. The Bertz CT molecular complexity index is 804. The van der Waals surface area contributed by atoms with Crippen LogP contribution in [0.5, 0.6) is 5.75 Å². The second-order valence-corrected chi connectivity index (χ2v) is 6.94. The Kier molecular flexibility index (Phi) is 8.05. The summed E-state index contributed by atoms with van der Waals surface area (Å²) >= 11 is 0. The number of ether oxygens (including phenoxy) is 1. The van der Waals surface area contributed by atoms with E-state index in [2.05, 4.69) is 19.2 Å². The van der Waals surface area contributed by atoms with E-state index in [-0.39, 0.29) is 25.0 Å². The number of hydrogen-bond acceptors (Lipinski definition) is 3. The zero-order valence-corrected chi connectivity index (χ0v) is 17.2. The van der Waals surface area contributed by atoms with E-state index in [4.69, 9.17) is 4.74 Å². The van der Waals surface area contributed by atoms with Gasteiger partial charge in [0.2, 0.25) is 5.91 Å². The Morgan fingerprint density at radius 1 is 1.07 bits per heavy atom. The molecule has 1 atom stereocenters. The van der Waals surface area contributed by atoms with E-state index in [1.165, 1.54) is 4.90 Å². The number of carbonyl (C=O) groups excluding carboxylic acids is 2. The molecule has 0 saturated carbocycles. The van der Waals surface area contributed by atoms with Crippen LogP contribution in [0.3, 0.4) is 0 Å². The number of anilines is 1. The summed E-state index contributed by atoms with van der Waals surface area (Å²) < 4.78 is 5.76. The lowest BCUT2D eigenvalue weighted by Gasteiger charge is -2.19. The van der Waals surface area contributed by atoms with Gasteiger partial charge in [0.1, 0.15) is 5.75 Å². The molecule has 2 aromatic carbocycles. The smallest absolute Gasteiger partial charge is 0.260 e. The molecule has 1 N–H and O–H groups in total. The molecule has 0 heterocycles. The third-order valence-electron chi connectivity index (χ3n) is 4.89. The molecule has 0 aromatic heterocycles. The van der Waals surface area contributed by atoms with Crippen molar-refractivity contribution in [1.29, 1.82) is 0 Å². The molecular weight excluding hydrogens is 352 g/mol. The van der Waals surface area contributed by atoms with Gasteiger partial charge in [-0.15, -0.1) is 0 Å². The van der Waals surface area contributed by atoms with Crippen molar-refractivity contribution in [3.63, 3.8) is 0 Å². The van der Waals surface area contributed by atoms with Crippen LogP contribution < -0.4 is 10.1 Å². The van der Waals surface area contributed by atoms with Crippen LogP contribution in [0.4, 0.5) is 5.69 Å². The highest BCUT2D eigenvalue weighted by Crippen LogP contribution is 2.28. The van der Waals surface area contributed by atoms with Crippen molar-refractivity contribution in [3.8, 4) is 5.75 Å². The number of para-hydroxylation sites is 2. The van der Waals surface area contributed by atoms with Gasteiger partial charge in [0, 0.05) is 12.7 Å². The molecule has 28 heavy (non-hydrogen) atoms. The Morgan fingerprint density at radius 2 is 1.75 bits per heavy atom. The molecule has 150 valence electrons. The molecule has 0 aliphatic carbocycles. The molecule has 0 fully saturated rings. The maximum absolute atomic E-state index is 12.4. The predicted molar refractivity (Wildman–Crippen MR) is 113 cm³/mol. The fourth-order valence-electron chi connectivity index (χ4n) is 2.93. The number of nitrogens with zero attached hydrogens (tertiary/aromatic N) is 1. The summed E-state index contributed by atoms with van der Waals surface area (Å²) in [5.74, 6) is 0.614.